The molecule has 4 heteroatoms. The van der Waals surface area contributed by atoms with Crippen LogP contribution in [0.4, 0.5) is 5.00 Å². The van der Waals surface area contributed by atoms with Crippen molar-refractivity contribution in [1.29, 1.82) is 0 Å². The van der Waals surface area contributed by atoms with Gasteiger partial charge in [0.1, 0.15) is 5.75 Å². The van der Waals surface area contributed by atoms with Gasteiger partial charge in [-0.05, 0) is 55.7 Å². The van der Waals surface area contributed by atoms with Crippen LogP contribution in [0.3, 0.4) is 0 Å². The Bertz CT molecular complexity index is 637. The second kappa shape index (κ2) is 7.80. The third-order valence-corrected chi connectivity index (χ3v) is 4.26. The lowest BCUT2D eigenvalue weighted by Crippen LogP contribution is -2.06. The minimum absolute atomic E-state index is 0.118. The van der Waals surface area contributed by atoms with Gasteiger partial charge in [-0.1, -0.05) is 19.1 Å². The van der Waals surface area contributed by atoms with Crippen LogP contribution in [-0.2, 0) is 4.79 Å². The van der Waals surface area contributed by atoms with E-state index in [9.17, 15) is 4.79 Å². The highest BCUT2D eigenvalue weighted by Gasteiger charge is 2.03. The molecule has 0 unspecified atom stereocenters. The Labute approximate surface area is 135 Å². The molecule has 1 aromatic heterocycles. The van der Waals surface area contributed by atoms with Crippen LogP contribution in [-0.4, -0.2) is 12.5 Å². The molecule has 2 aromatic rings. The van der Waals surface area contributed by atoms with Gasteiger partial charge in [0.2, 0.25) is 5.91 Å². The number of nitrogens with one attached hydrogen (secondary N) is 1. The van der Waals surface area contributed by atoms with Crippen LogP contribution >= 0.6 is 11.3 Å². The molecule has 1 heterocycles. The van der Waals surface area contributed by atoms with Crippen LogP contribution in [0.25, 0.3) is 6.08 Å². The number of ether oxygens (including phenoxy) is 1. The van der Waals surface area contributed by atoms with E-state index in [-0.39, 0.29) is 5.91 Å². The first kappa shape index (κ1) is 16.3. The normalized spacial score (nSPS) is 10.9. The van der Waals surface area contributed by atoms with Gasteiger partial charge in [-0.15, -0.1) is 11.3 Å². The number of carbonyl (C=O) groups excluding carboxylic acids is 1. The van der Waals surface area contributed by atoms with Gasteiger partial charge in [-0.3, -0.25) is 4.79 Å². The third-order valence-electron chi connectivity index (χ3n) is 3.19. The number of hydrogen-bond donors (Lipinski definition) is 1. The van der Waals surface area contributed by atoms with Gasteiger partial charge in [-0.25, -0.2) is 0 Å². The molecule has 0 radical (unpaired) electrons. The minimum Gasteiger partial charge on any atom is -0.494 e. The van der Waals surface area contributed by atoms with Crippen molar-refractivity contribution in [3.05, 3.63) is 52.4 Å². The lowest BCUT2D eigenvalue weighted by atomic mass is 10.2. The molecule has 1 aromatic carbocycles. The zero-order chi connectivity index (χ0) is 15.9. The lowest BCUT2D eigenvalue weighted by molar-refractivity contribution is -0.111. The molecular weight excluding hydrogens is 294 g/mol. The summed E-state index contributed by atoms with van der Waals surface area (Å²) in [5.74, 6) is 0.737. The van der Waals surface area contributed by atoms with Crippen LogP contribution in [0.15, 0.2) is 36.4 Å². The van der Waals surface area contributed by atoms with Crippen molar-refractivity contribution in [3.8, 4) is 5.75 Å². The summed E-state index contributed by atoms with van der Waals surface area (Å²) in [5, 5.41) is 3.76. The van der Waals surface area contributed by atoms with Crippen molar-refractivity contribution in [3.63, 3.8) is 0 Å². The fraction of sp³-hybridized carbons (Fsp3) is 0.278. The first-order valence-corrected chi connectivity index (χ1v) is 8.19. The van der Waals surface area contributed by atoms with E-state index in [1.54, 1.807) is 23.5 Å². The number of rotatable bonds is 6. The Morgan fingerprint density at radius 1 is 1.27 bits per heavy atom. The van der Waals surface area contributed by atoms with E-state index >= 15 is 0 Å². The summed E-state index contributed by atoms with van der Waals surface area (Å²) in [7, 11) is 0. The molecule has 0 aliphatic heterocycles. The van der Waals surface area contributed by atoms with Crippen molar-refractivity contribution in [2.45, 2.75) is 27.2 Å². The molecule has 0 saturated heterocycles. The predicted octanol–water partition coefficient (Wildman–Crippen LogP) is 4.81. The Balaban J connectivity index is 1.91. The molecule has 0 saturated carbocycles. The van der Waals surface area contributed by atoms with E-state index in [4.69, 9.17) is 4.74 Å². The SMILES string of the molecule is CCCOc1ccc(/C=C/C(=O)Nc2cc(C)c(C)s2)cc1. The molecule has 2 rings (SSSR count). The number of aryl methyl sites for hydroxylation is 2. The number of hydrogen-bond acceptors (Lipinski definition) is 3. The summed E-state index contributed by atoms with van der Waals surface area (Å²) in [6, 6.07) is 9.70. The fourth-order valence-corrected chi connectivity index (χ4v) is 2.80. The molecule has 0 atom stereocenters. The number of benzene rings is 1. The van der Waals surface area contributed by atoms with Gasteiger partial charge in [0.15, 0.2) is 0 Å². The molecule has 3 nitrogen and oxygen atoms in total. The van der Waals surface area contributed by atoms with Gasteiger partial charge in [0.05, 0.1) is 11.6 Å². The maximum atomic E-state index is 11.9. The summed E-state index contributed by atoms with van der Waals surface area (Å²) in [6.07, 6.45) is 4.34. The Morgan fingerprint density at radius 3 is 2.59 bits per heavy atom. The minimum atomic E-state index is -0.118. The van der Waals surface area contributed by atoms with E-state index in [1.165, 1.54) is 10.4 Å². The van der Waals surface area contributed by atoms with E-state index < -0.39 is 0 Å². The molecule has 0 aliphatic carbocycles. The second-order valence-electron chi connectivity index (χ2n) is 5.09. The smallest absolute Gasteiger partial charge is 0.248 e. The van der Waals surface area contributed by atoms with E-state index in [0.717, 1.165) is 29.3 Å². The van der Waals surface area contributed by atoms with E-state index in [0.29, 0.717) is 0 Å². The van der Waals surface area contributed by atoms with Gasteiger partial charge < -0.3 is 10.1 Å². The maximum absolute atomic E-state index is 11.9. The average Bonchev–Trinajstić information content (AvgIpc) is 2.82. The largest absolute Gasteiger partial charge is 0.494 e. The van der Waals surface area contributed by atoms with Crippen LogP contribution < -0.4 is 10.1 Å². The Kier molecular flexibility index (Phi) is 5.78. The second-order valence-corrected chi connectivity index (χ2v) is 6.35. The summed E-state index contributed by atoms with van der Waals surface area (Å²) in [5.41, 5.74) is 2.17. The van der Waals surface area contributed by atoms with Crippen LogP contribution in [0, 0.1) is 13.8 Å². The Hall–Kier alpha value is -2.07. The van der Waals surface area contributed by atoms with Gasteiger partial charge >= 0.3 is 0 Å². The van der Waals surface area contributed by atoms with Crippen LogP contribution in [0.5, 0.6) is 5.75 Å². The number of thiophene rings is 1. The quantitative estimate of drug-likeness (QED) is 0.777. The molecule has 116 valence electrons. The van der Waals surface area contributed by atoms with Crippen molar-refractivity contribution < 1.29 is 9.53 Å². The molecule has 0 aliphatic rings. The average molecular weight is 315 g/mol. The highest BCUT2D eigenvalue weighted by atomic mass is 32.1. The van der Waals surface area contributed by atoms with Crippen molar-refractivity contribution in [2.75, 3.05) is 11.9 Å². The Morgan fingerprint density at radius 2 is 2.00 bits per heavy atom. The zero-order valence-electron chi connectivity index (χ0n) is 13.2. The van der Waals surface area contributed by atoms with Gasteiger partial charge in [-0.2, -0.15) is 0 Å². The molecular formula is C18H21NO2S. The van der Waals surface area contributed by atoms with Crippen LogP contribution in [0.1, 0.15) is 29.3 Å². The van der Waals surface area contributed by atoms with Crippen molar-refractivity contribution in [2.24, 2.45) is 0 Å². The first-order chi connectivity index (χ1) is 10.6. The third kappa shape index (κ3) is 4.74. The van der Waals surface area contributed by atoms with Crippen molar-refractivity contribution in [1.82, 2.24) is 0 Å². The number of anilines is 1. The fourth-order valence-electron chi connectivity index (χ4n) is 1.86. The summed E-state index contributed by atoms with van der Waals surface area (Å²) in [6.45, 7) is 6.89. The van der Waals surface area contributed by atoms with E-state index in [2.05, 4.69) is 12.2 Å². The van der Waals surface area contributed by atoms with Gasteiger partial charge in [0.25, 0.3) is 0 Å². The van der Waals surface area contributed by atoms with Crippen molar-refractivity contribution >= 4 is 28.3 Å². The standard InChI is InChI=1S/C18H21NO2S/c1-4-11-21-16-8-5-15(6-9-16)7-10-17(20)19-18-12-13(2)14(3)22-18/h5-10,12H,4,11H2,1-3H3,(H,19,20)/b10-7+. The van der Waals surface area contributed by atoms with E-state index in [1.807, 2.05) is 44.2 Å². The molecule has 0 spiro atoms. The highest BCUT2D eigenvalue weighted by molar-refractivity contribution is 7.16. The maximum Gasteiger partial charge on any atom is 0.248 e. The molecule has 1 amide bonds. The summed E-state index contributed by atoms with van der Waals surface area (Å²) >= 11 is 1.59. The first-order valence-electron chi connectivity index (χ1n) is 7.37. The summed E-state index contributed by atoms with van der Waals surface area (Å²) < 4.78 is 5.53. The number of carbonyl (C=O) groups is 1. The predicted molar refractivity (Wildman–Crippen MR) is 93.7 cm³/mol. The topological polar surface area (TPSA) is 38.3 Å². The monoisotopic (exact) mass is 315 g/mol. The highest BCUT2D eigenvalue weighted by Crippen LogP contribution is 2.25. The zero-order valence-corrected chi connectivity index (χ0v) is 14.0. The molecule has 1 N–H and O–H groups in total. The molecule has 0 fully saturated rings. The summed E-state index contributed by atoms with van der Waals surface area (Å²) in [4.78, 5) is 13.1. The lowest BCUT2D eigenvalue weighted by Gasteiger charge is -2.04. The van der Waals surface area contributed by atoms with Crippen LogP contribution in [0.2, 0.25) is 0 Å². The number of amides is 1. The molecule has 0 bridgehead atoms. The molecule has 22 heavy (non-hydrogen) atoms. The van der Waals surface area contributed by atoms with Gasteiger partial charge in [0, 0.05) is 11.0 Å².